The molecule has 0 saturated carbocycles. The molecule has 7 heteroatoms. The second-order valence-corrected chi connectivity index (χ2v) is 8.28. The number of hydrogen-bond donors (Lipinski definition) is 1. The molecule has 1 aliphatic heterocycles. The van der Waals surface area contributed by atoms with E-state index in [1.807, 2.05) is 6.92 Å². The summed E-state index contributed by atoms with van der Waals surface area (Å²) < 4.78 is 26.5. The first-order valence-corrected chi connectivity index (χ1v) is 9.85. The van der Waals surface area contributed by atoms with Gasteiger partial charge in [-0.05, 0) is 43.9 Å². The van der Waals surface area contributed by atoms with Gasteiger partial charge in [-0.3, -0.25) is 4.79 Å². The van der Waals surface area contributed by atoms with Crippen molar-refractivity contribution in [1.82, 2.24) is 9.21 Å². The van der Waals surface area contributed by atoms with E-state index in [0.717, 1.165) is 18.4 Å². The summed E-state index contributed by atoms with van der Waals surface area (Å²) in [5.41, 5.74) is 6.53. The zero-order valence-electron chi connectivity index (χ0n) is 14.4. The van der Waals surface area contributed by atoms with Crippen LogP contribution in [0.3, 0.4) is 0 Å². The van der Waals surface area contributed by atoms with Crippen molar-refractivity contribution in [3.8, 4) is 0 Å². The van der Waals surface area contributed by atoms with Crippen LogP contribution in [0.15, 0.2) is 29.2 Å². The number of carbonyl (C=O) groups is 1. The van der Waals surface area contributed by atoms with Gasteiger partial charge in [0.2, 0.25) is 15.9 Å². The van der Waals surface area contributed by atoms with Gasteiger partial charge in [0.05, 0.1) is 4.90 Å². The highest BCUT2D eigenvalue weighted by atomic mass is 32.2. The van der Waals surface area contributed by atoms with E-state index >= 15 is 0 Å². The molecule has 1 aliphatic rings. The fourth-order valence-corrected chi connectivity index (χ4v) is 4.25. The standard InChI is InChI=1S/C17H27N3O3S/c1-14(13-18)19(2)17(21)10-7-15-5-8-16(9-6-15)24(22,23)20-11-3-4-12-20/h5-6,8-9,14H,3-4,7,10-13,18H2,1-2H3. The third-order valence-electron chi connectivity index (χ3n) is 4.65. The van der Waals surface area contributed by atoms with E-state index in [9.17, 15) is 13.2 Å². The highest BCUT2D eigenvalue weighted by molar-refractivity contribution is 7.89. The number of sulfonamides is 1. The van der Waals surface area contributed by atoms with Crippen molar-refractivity contribution >= 4 is 15.9 Å². The van der Waals surface area contributed by atoms with E-state index in [2.05, 4.69) is 0 Å². The summed E-state index contributed by atoms with van der Waals surface area (Å²) in [7, 11) is -1.61. The Morgan fingerprint density at radius 2 is 1.83 bits per heavy atom. The van der Waals surface area contributed by atoms with Crippen molar-refractivity contribution in [2.45, 2.75) is 43.5 Å². The van der Waals surface area contributed by atoms with E-state index < -0.39 is 10.0 Å². The van der Waals surface area contributed by atoms with Crippen LogP contribution in [-0.2, 0) is 21.2 Å². The molecule has 0 aliphatic carbocycles. The maximum atomic E-state index is 12.5. The first-order chi connectivity index (χ1) is 11.4. The lowest BCUT2D eigenvalue weighted by Crippen LogP contribution is -2.39. The van der Waals surface area contributed by atoms with Gasteiger partial charge in [0.25, 0.3) is 0 Å². The number of rotatable bonds is 7. The first-order valence-electron chi connectivity index (χ1n) is 8.41. The molecule has 1 fully saturated rings. The third-order valence-corrected chi connectivity index (χ3v) is 6.56. The van der Waals surface area contributed by atoms with Gasteiger partial charge in [-0.1, -0.05) is 12.1 Å². The maximum Gasteiger partial charge on any atom is 0.243 e. The number of likely N-dealkylation sites (N-methyl/N-ethyl adjacent to an activating group) is 1. The van der Waals surface area contributed by atoms with Crippen LogP contribution < -0.4 is 5.73 Å². The summed E-state index contributed by atoms with van der Waals surface area (Å²) in [6.07, 6.45) is 2.83. The molecule has 6 nitrogen and oxygen atoms in total. The summed E-state index contributed by atoms with van der Waals surface area (Å²) in [5, 5.41) is 0. The Morgan fingerprint density at radius 3 is 2.38 bits per heavy atom. The van der Waals surface area contributed by atoms with Crippen LogP contribution in [0.1, 0.15) is 31.7 Å². The summed E-state index contributed by atoms with van der Waals surface area (Å²) in [6, 6.07) is 6.88. The predicted molar refractivity (Wildman–Crippen MR) is 94.0 cm³/mol. The molecular formula is C17H27N3O3S. The highest BCUT2D eigenvalue weighted by Gasteiger charge is 2.26. The maximum absolute atomic E-state index is 12.5. The smallest absolute Gasteiger partial charge is 0.243 e. The highest BCUT2D eigenvalue weighted by Crippen LogP contribution is 2.21. The Hall–Kier alpha value is -1.44. The number of hydrogen-bond acceptors (Lipinski definition) is 4. The second-order valence-electron chi connectivity index (χ2n) is 6.34. The van der Waals surface area contributed by atoms with Crippen LogP contribution >= 0.6 is 0 Å². The van der Waals surface area contributed by atoms with Gasteiger partial charge in [-0.25, -0.2) is 8.42 Å². The molecule has 1 aromatic rings. The Balaban J connectivity index is 1.96. The average molecular weight is 353 g/mol. The van der Waals surface area contributed by atoms with E-state index in [1.54, 1.807) is 36.2 Å². The SMILES string of the molecule is CC(CN)N(C)C(=O)CCc1ccc(S(=O)(=O)N2CCCC2)cc1. The number of nitrogens with zero attached hydrogens (tertiary/aromatic N) is 2. The van der Waals surface area contributed by atoms with Gasteiger partial charge in [0, 0.05) is 39.1 Å². The molecule has 1 amide bonds. The lowest BCUT2D eigenvalue weighted by molar-refractivity contribution is -0.131. The fourth-order valence-electron chi connectivity index (χ4n) is 2.74. The molecule has 24 heavy (non-hydrogen) atoms. The van der Waals surface area contributed by atoms with E-state index in [1.165, 1.54) is 4.31 Å². The quantitative estimate of drug-likeness (QED) is 0.798. The molecule has 2 rings (SSSR count). The number of nitrogens with two attached hydrogens (primary N) is 1. The largest absolute Gasteiger partial charge is 0.342 e. The number of benzene rings is 1. The lowest BCUT2D eigenvalue weighted by Gasteiger charge is -2.23. The minimum atomic E-state index is -3.37. The van der Waals surface area contributed by atoms with Crippen molar-refractivity contribution in [3.63, 3.8) is 0 Å². The molecule has 0 radical (unpaired) electrons. The van der Waals surface area contributed by atoms with E-state index in [4.69, 9.17) is 5.73 Å². The third kappa shape index (κ3) is 4.34. The summed E-state index contributed by atoms with van der Waals surface area (Å²) >= 11 is 0. The minimum Gasteiger partial charge on any atom is -0.342 e. The van der Waals surface area contributed by atoms with Gasteiger partial charge in [0.1, 0.15) is 0 Å². The lowest BCUT2D eigenvalue weighted by atomic mass is 10.1. The van der Waals surface area contributed by atoms with Crippen molar-refractivity contribution in [2.75, 3.05) is 26.7 Å². The van der Waals surface area contributed by atoms with Crippen molar-refractivity contribution in [1.29, 1.82) is 0 Å². The molecule has 1 atom stereocenters. The van der Waals surface area contributed by atoms with Crippen molar-refractivity contribution in [3.05, 3.63) is 29.8 Å². The van der Waals surface area contributed by atoms with Crippen LogP contribution in [0.4, 0.5) is 0 Å². The minimum absolute atomic E-state index is 0.0190. The van der Waals surface area contributed by atoms with Crippen LogP contribution in [0.2, 0.25) is 0 Å². The van der Waals surface area contributed by atoms with Crippen LogP contribution in [-0.4, -0.2) is 56.3 Å². The number of carbonyl (C=O) groups excluding carboxylic acids is 1. The van der Waals surface area contributed by atoms with Gasteiger partial charge >= 0.3 is 0 Å². The normalized spacial score (nSPS) is 17.0. The van der Waals surface area contributed by atoms with E-state index in [-0.39, 0.29) is 11.9 Å². The number of amides is 1. The summed E-state index contributed by atoms with van der Waals surface area (Å²) in [5.74, 6) is 0.0433. The zero-order valence-corrected chi connectivity index (χ0v) is 15.3. The molecule has 1 heterocycles. The second kappa shape index (κ2) is 8.09. The van der Waals surface area contributed by atoms with Crippen LogP contribution in [0.5, 0.6) is 0 Å². The molecule has 134 valence electrons. The molecule has 1 saturated heterocycles. The monoisotopic (exact) mass is 353 g/mol. The summed E-state index contributed by atoms with van der Waals surface area (Å²) in [4.78, 5) is 14.1. The van der Waals surface area contributed by atoms with Gasteiger partial charge in [-0.15, -0.1) is 0 Å². The van der Waals surface area contributed by atoms with Crippen LogP contribution in [0.25, 0.3) is 0 Å². The molecule has 0 aromatic heterocycles. The Bertz CT molecular complexity index is 652. The first kappa shape index (κ1) is 18.9. The Labute approximate surface area is 144 Å². The van der Waals surface area contributed by atoms with Gasteiger partial charge < -0.3 is 10.6 Å². The fraction of sp³-hybridized carbons (Fsp3) is 0.588. The molecule has 2 N–H and O–H groups in total. The van der Waals surface area contributed by atoms with Crippen LogP contribution in [0, 0.1) is 0 Å². The molecule has 0 bridgehead atoms. The van der Waals surface area contributed by atoms with Crippen molar-refractivity contribution < 1.29 is 13.2 Å². The molecule has 1 aromatic carbocycles. The average Bonchev–Trinajstić information content (AvgIpc) is 3.14. The van der Waals surface area contributed by atoms with Gasteiger partial charge in [0.15, 0.2) is 0 Å². The molecule has 1 unspecified atom stereocenters. The zero-order chi connectivity index (χ0) is 17.7. The van der Waals surface area contributed by atoms with Gasteiger partial charge in [-0.2, -0.15) is 4.31 Å². The predicted octanol–water partition coefficient (Wildman–Crippen LogP) is 1.21. The Kier molecular flexibility index (Phi) is 6.37. The van der Waals surface area contributed by atoms with Crippen molar-refractivity contribution in [2.24, 2.45) is 5.73 Å². The number of aryl methyl sites for hydroxylation is 1. The Morgan fingerprint density at radius 1 is 1.25 bits per heavy atom. The molecule has 0 spiro atoms. The molecular weight excluding hydrogens is 326 g/mol. The topological polar surface area (TPSA) is 83.7 Å². The van der Waals surface area contributed by atoms with E-state index in [0.29, 0.717) is 37.4 Å². The summed E-state index contributed by atoms with van der Waals surface area (Å²) in [6.45, 7) is 3.55.